The molecule has 3 aromatic carbocycles. The molecule has 1 N–H and O–H groups in total. The lowest BCUT2D eigenvalue weighted by Crippen LogP contribution is -2.39. The molecule has 0 saturated heterocycles. The summed E-state index contributed by atoms with van der Waals surface area (Å²) in [4.78, 5) is 12.4. The zero-order valence-electron chi connectivity index (χ0n) is 20.8. The van der Waals surface area contributed by atoms with E-state index in [9.17, 15) is 26.4 Å². The number of rotatable bonds is 10. The minimum absolute atomic E-state index is 0.165. The van der Waals surface area contributed by atoms with Crippen LogP contribution in [0.25, 0.3) is 0 Å². The smallest absolute Gasteiger partial charge is 0.416 e. The van der Waals surface area contributed by atoms with E-state index in [-0.39, 0.29) is 12.3 Å². The SMILES string of the molecule is COc1cc(/C=N\NC(=O)CN(c2cccc(C(F)(F)F)c2)S(C)(=O)=O)cc(Br)c1OCc1ccc(Cl)c(Cl)c1. The third kappa shape index (κ3) is 8.50. The molecule has 214 valence electrons. The van der Waals surface area contributed by atoms with E-state index in [0.717, 1.165) is 30.0 Å². The Kier molecular flexibility index (Phi) is 10.3. The number of nitrogens with zero attached hydrogens (tertiary/aromatic N) is 2. The fourth-order valence-electron chi connectivity index (χ4n) is 3.32. The number of sulfonamides is 1. The number of nitrogens with one attached hydrogen (secondary N) is 1. The lowest BCUT2D eigenvalue weighted by Gasteiger charge is -2.22. The first-order chi connectivity index (χ1) is 18.7. The van der Waals surface area contributed by atoms with E-state index in [4.69, 9.17) is 32.7 Å². The lowest BCUT2D eigenvalue weighted by atomic mass is 10.2. The first-order valence-corrected chi connectivity index (χ1v) is 14.5. The third-order valence-electron chi connectivity index (χ3n) is 5.17. The number of carbonyl (C=O) groups is 1. The second-order valence-corrected chi connectivity index (χ2v) is 11.8. The van der Waals surface area contributed by atoms with Crippen molar-refractivity contribution in [2.24, 2.45) is 5.10 Å². The minimum atomic E-state index is -4.69. The molecule has 1 amide bonds. The second kappa shape index (κ2) is 13.1. The van der Waals surface area contributed by atoms with Gasteiger partial charge in [-0.15, -0.1) is 0 Å². The van der Waals surface area contributed by atoms with Crippen LogP contribution in [0.3, 0.4) is 0 Å². The molecule has 8 nitrogen and oxygen atoms in total. The number of hydrogen-bond donors (Lipinski definition) is 1. The van der Waals surface area contributed by atoms with E-state index < -0.39 is 34.2 Å². The maximum absolute atomic E-state index is 13.1. The van der Waals surface area contributed by atoms with Crippen LogP contribution < -0.4 is 19.2 Å². The number of amides is 1. The first-order valence-electron chi connectivity index (χ1n) is 11.1. The molecule has 0 radical (unpaired) electrons. The van der Waals surface area contributed by atoms with Gasteiger partial charge in [-0.3, -0.25) is 9.10 Å². The predicted octanol–water partition coefficient (Wildman–Crippen LogP) is 6.28. The number of ether oxygens (including phenoxy) is 2. The average Bonchev–Trinajstić information content (AvgIpc) is 2.87. The first kappa shape index (κ1) is 31.5. The summed E-state index contributed by atoms with van der Waals surface area (Å²) in [6.07, 6.45) is -2.65. The highest BCUT2D eigenvalue weighted by Crippen LogP contribution is 2.37. The molecule has 0 aliphatic rings. The largest absolute Gasteiger partial charge is 0.493 e. The predicted molar refractivity (Wildman–Crippen MR) is 151 cm³/mol. The average molecular weight is 683 g/mol. The van der Waals surface area contributed by atoms with Crippen LogP contribution in [0, 0.1) is 0 Å². The molecule has 0 aliphatic carbocycles. The van der Waals surface area contributed by atoms with Gasteiger partial charge in [0.05, 0.1) is 45.3 Å². The number of anilines is 1. The Morgan fingerprint density at radius 2 is 1.85 bits per heavy atom. The Bertz CT molecular complexity index is 1540. The molecule has 40 heavy (non-hydrogen) atoms. The van der Waals surface area contributed by atoms with Crippen molar-refractivity contribution >= 4 is 67.0 Å². The van der Waals surface area contributed by atoms with Gasteiger partial charge in [0, 0.05) is 0 Å². The van der Waals surface area contributed by atoms with Gasteiger partial charge in [-0.05, 0) is 69.5 Å². The van der Waals surface area contributed by atoms with Crippen LogP contribution in [0.2, 0.25) is 10.0 Å². The summed E-state index contributed by atoms with van der Waals surface area (Å²) in [5.41, 5.74) is 2.04. The molecule has 0 unspecified atom stereocenters. The number of halogens is 6. The molecule has 0 bridgehead atoms. The maximum atomic E-state index is 13.1. The summed E-state index contributed by atoms with van der Waals surface area (Å²) in [6, 6.07) is 11.9. The summed E-state index contributed by atoms with van der Waals surface area (Å²) in [7, 11) is -2.66. The Morgan fingerprint density at radius 1 is 1.12 bits per heavy atom. The molecule has 3 aromatic rings. The van der Waals surface area contributed by atoms with Crippen LogP contribution >= 0.6 is 39.1 Å². The van der Waals surface area contributed by atoms with Gasteiger partial charge < -0.3 is 9.47 Å². The van der Waals surface area contributed by atoms with E-state index in [1.807, 2.05) is 0 Å². The van der Waals surface area contributed by atoms with Crippen molar-refractivity contribution in [2.75, 3.05) is 24.2 Å². The van der Waals surface area contributed by atoms with Crippen LogP contribution in [0.15, 0.2) is 64.2 Å². The van der Waals surface area contributed by atoms with Crippen LogP contribution in [0.5, 0.6) is 11.5 Å². The summed E-state index contributed by atoms with van der Waals surface area (Å²) in [5.74, 6) is -0.152. The molecule has 3 rings (SSSR count). The number of alkyl halides is 3. The summed E-state index contributed by atoms with van der Waals surface area (Å²) in [6.45, 7) is -0.635. The Labute approximate surface area is 246 Å². The summed E-state index contributed by atoms with van der Waals surface area (Å²) >= 11 is 15.4. The number of hydrogen-bond acceptors (Lipinski definition) is 6. The molecular weight excluding hydrogens is 662 g/mol. The van der Waals surface area contributed by atoms with Gasteiger partial charge in [-0.1, -0.05) is 35.3 Å². The van der Waals surface area contributed by atoms with Gasteiger partial charge in [-0.2, -0.15) is 18.3 Å². The van der Waals surface area contributed by atoms with Crippen LogP contribution in [0.1, 0.15) is 16.7 Å². The number of methoxy groups -OCH3 is 1. The molecule has 0 aromatic heterocycles. The normalized spacial score (nSPS) is 11.9. The maximum Gasteiger partial charge on any atom is 0.416 e. The quantitative estimate of drug-likeness (QED) is 0.201. The van der Waals surface area contributed by atoms with Gasteiger partial charge >= 0.3 is 6.18 Å². The zero-order valence-corrected chi connectivity index (χ0v) is 24.7. The molecule has 15 heteroatoms. The van der Waals surface area contributed by atoms with Crippen LogP contribution in [-0.4, -0.2) is 40.4 Å². The van der Waals surface area contributed by atoms with E-state index >= 15 is 0 Å². The van der Waals surface area contributed by atoms with Gasteiger partial charge in [0.25, 0.3) is 5.91 Å². The Morgan fingerprint density at radius 3 is 2.48 bits per heavy atom. The van der Waals surface area contributed by atoms with Gasteiger partial charge in [0.1, 0.15) is 13.2 Å². The molecule has 0 aliphatic heterocycles. The Hall–Kier alpha value is -3.00. The van der Waals surface area contributed by atoms with E-state index in [1.54, 1.807) is 30.3 Å². The van der Waals surface area contributed by atoms with Crippen molar-refractivity contribution in [3.8, 4) is 11.5 Å². The molecule has 0 heterocycles. The van der Waals surface area contributed by atoms with Gasteiger partial charge in [0.15, 0.2) is 11.5 Å². The van der Waals surface area contributed by atoms with Crippen LogP contribution in [-0.2, 0) is 27.6 Å². The molecule has 0 spiro atoms. The van der Waals surface area contributed by atoms with Gasteiger partial charge in [-0.25, -0.2) is 13.8 Å². The van der Waals surface area contributed by atoms with E-state index in [0.29, 0.717) is 42.0 Å². The van der Waals surface area contributed by atoms with E-state index in [2.05, 4.69) is 26.5 Å². The number of benzene rings is 3. The fraction of sp³-hybridized carbons (Fsp3) is 0.200. The topological polar surface area (TPSA) is 97.3 Å². The van der Waals surface area contributed by atoms with Crippen molar-refractivity contribution < 1.29 is 35.9 Å². The molecule has 0 saturated carbocycles. The lowest BCUT2D eigenvalue weighted by molar-refractivity contribution is -0.137. The summed E-state index contributed by atoms with van der Waals surface area (Å²) in [5, 5.41) is 4.62. The van der Waals surface area contributed by atoms with Crippen molar-refractivity contribution in [2.45, 2.75) is 12.8 Å². The zero-order chi connectivity index (χ0) is 29.7. The fourth-order valence-corrected chi connectivity index (χ4v) is 5.06. The van der Waals surface area contributed by atoms with E-state index in [1.165, 1.54) is 13.3 Å². The third-order valence-corrected chi connectivity index (χ3v) is 7.64. The molecular formula is C25H21BrCl2F3N3O5S. The minimum Gasteiger partial charge on any atom is -0.493 e. The van der Waals surface area contributed by atoms with Crippen molar-refractivity contribution in [1.29, 1.82) is 0 Å². The second-order valence-electron chi connectivity index (χ2n) is 8.18. The Balaban J connectivity index is 1.70. The monoisotopic (exact) mass is 681 g/mol. The molecule has 0 atom stereocenters. The standard InChI is InChI=1S/C25H21BrCl2F3N3O5S/c1-38-22-10-16(8-19(26)24(22)39-14-15-6-7-20(27)21(28)9-15)12-32-33-23(35)13-34(40(2,36)37)18-5-3-4-17(11-18)25(29,30)31/h3-12H,13-14H2,1-2H3,(H,33,35)/b32-12-. The number of hydrazone groups is 1. The van der Waals surface area contributed by atoms with Crippen molar-refractivity contribution in [3.63, 3.8) is 0 Å². The van der Waals surface area contributed by atoms with Crippen molar-refractivity contribution in [3.05, 3.63) is 85.8 Å². The highest BCUT2D eigenvalue weighted by molar-refractivity contribution is 9.10. The highest BCUT2D eigenvalue weighted by Gasteiger charge is 2.32. The number of carbonyl (C=O) groups excluding carboxylic acids is 1. The summed E-state index contributed by atoms with van der Waals surface area (Å²) < 4.78 is 76.0. The van der Waals surface area contributed by atoms with Crippen molar-refractivity contribution in [1.82, 2.24) is 5.43 Å². The van der Waals surface area contributed by atoms with Gasteiger partial charge in [0.2, 0.25) is 10.0 Å². The van der Waals surface area contributed by atoms with Crippen LogP contribution in [0.4, 0.5) is 18.9 Å². The highest BCUT2D eigenvalue weighted by atomic mass is 79.9. The molecule has 0 fully saturated rings.